The molecule has 0 spiro atoms. The van der Waals surface area contributed by atoms with E-state index in [9.17, 15) is 9.90 Å². The van der Waals surface area contributed by atoms with Gasteiger partial charge in [-0.25, -0.2) is 0 Å². The zero-order valence-electron chi connectivity index (χ0n) is 23.6. The number of carbonyl (C=O) groups is 1. The van der Waals surface area contributed by atoms with Crippen molar-refractivity contribution in [1.82, 2.24) is 10.2 Å². The van der Waals surface area contributed by atoms with E-state index in [0.717, 1.165) is 59.4 Å². The van der Waals surface area contributed by atoms with Crippen LogP contribution < -0.4 is 5.32 Å². The highest BCUT2D eigenvalue weighted by Gasteiger charge is 2.33. The molecule has 2 aliphatic rings. The Morgan fingerprint density at radius 3 is 2.27 bits per heavy atom. The van der Waals surface area contributed by atoms with Crippen LogP contribution in [0.4, 0.5) is 0 Å². The van der Waals surface area contributed by atoms with Crippen LogP contribution in [0.1, 0.15) is 80.1 Å². The van der Waals surface area contributed by atoms with Gasteiger partial charge < -0.3 is 24.8 Å². The van der Waals surface area contributed by atoms with E-state index in [4.69, 9.17) is 9.47 Å². The quantitative estimate of drug-likeness (QED) is 0.350. The maximum atomic E-state index is 11.4. The Bertz CT molecular complexity index is 1240. The van der Waals surface area contributed by atoms with E-state index in [1.165, 1.54) is 39.0 Å². The molecule has 3 aromatic carbocycles. The molecule has 0 bridgehead atoms. The summed E-state index contributed by atoms with van der Waals surface area (Å²) in [6.07, 6.45) is 6.78. The summed E-state index contributed by atoms with van der Waals surface area (Å²) in [5, 5.41) is 12.4. The molecule has 3 atom stereocenters. The lowest BCUT2D eigenvalue weighted by Gasteiger charge is -2.39. The molecule has 0 aromatic heterocycles. The standard InChI is InChI=1S/C34H42N2O4/c1-25(38)35-22-27-9-7-10-29(19-27)30-11-8-12-31(20-30)34-39-32(23-36-17-5-3-2-4-6-18-36)21-33(40-34)28-15-13-26(24-37)14-16-28/h7-16,19-20,32-34,37H,2-6,17-18,21-24H2,1H3,(H,35,38)/t32-,33+,34+/m0/s1. The third kappa shape index (κ3) is 7.79. The van der Waals surface area contributed by atoms with Crippen LogP contribution in [0.5, 0.6) is 0 Å². The minimum absolute atomic E-state index is 0.0356. The Hall–Kier alpha value is -3.03. The van der Waals surface area contributed by atoms with Crippen molar-refractivity contribution in [3.63, 3.8) is 0 Å². The Kier molecular flexibility index (Phi) is 10.0. The number of aliphatic hydroxyl groups excluding tert-OH is 1. The van der Waals surface area contributed by atoms with Crippen molar-refractivity contribution in [2.75, 3.05) is 19.6 Å². The number of hydrogen-bond acceptors (Lipinski definition) is 5. The molecule has 1 amide bonds. The summed E-state index contributed by atoms with van der Waals surface area (Å²) in [6.45, 7) is 5.25. The van der Waals surface area contributed by atoms with Gasteiger partial charge in [0.25, 0.3) is 0 Å². The molecule has 2 heterocycles. The smallest absolute Gasteiger partial charge is 0.217 e. The predicted octanol–water partition coefficient (Wildman–Crippen LogP) is 6.29. The molecule has 0 unspecified atom stereocenters. The van der Waals surface area contributed by atoms with Gasteiger partial charge in [0.05, 0.1) is 18.8 Å². The second-order valence-corrected chi connectivity index (χ2v) is 11.2. The van der Waals surface area contributed by atoms with Crippen LogP contribution in [0.15, 0.2) is 72.8 Å². The van der Waals surface area contributed by atoms with Crippen LogP contribution in [0, 0.1) is 0 Å². The van der Waals surface area contributed by atoms with Gasteiger partial charge in [0.1, 0.15) is 0 Å². The molecule has 2 saturated heterocycles. The lowest BCUT2D eigenvalue weighted by molar-refractivity contribution is -0.253. The first kappa shape index (κ1) is 28.5. The first-order chi connectivity index (χ1) is 19.6. The minimum Gasteiger partial charge on any atom is -0.392 e. The summed E-state index contributed by atoms with van der Waals surface area (Å²) < 4.78 is 13.3. The van der Waals surface area contributed by atoms with Gasteiger partial charge in [-0.05, 0) is 65.9 Å². The third-order valence-electron chi connectivity index (χ3n) is 7.99. The number of carbonyl (C=O) groups excluding carboxylic acids is 1. The Morgan fingerprint density at radius 2 is 1.55 bits per heavy atom. The molecule has 2 aliphatic heterocycles. The first-order valence-corrected chi connectivity index (χ1v) is 14.7. The molecule has 6 heteroatoms. The molecule has 0 radical (unpaired) electrons. The normalized spacial score (nSPS) is 22.3. The molecule has 40 heavy (non-hydrogen) atoms. The average molecular weight is 543 g/mol. The minimum atomic E-state index is -0.474. The van der Waals surface area contributed by atoms with E-state index in [1.54, 1.807) is 0 Å². The molecule has 2 N–H and O–H groups in total. The zero-order valence-corrected chi connectivity index (χ0v) is 23.6. The molecule has 3 aromatic rings. The fraction of sp³-hybridized carbons (Fsp3) is 0.441. The Morgan fingerprint density at radius 1 is 0.850 bits per heavy atom. The fourth-order valence-corrected chi connectivity index (χ4v) is 5.77. The van der Waals surface area contributed by atoms with Crippen LogP contribution in [0.3, 0.4) is 0 Å². The van der Waals surface area contributed by atoms with Crippen molar-refractivity contribution >= 4 is 5.91 Å². The first-order valence-electron chi connectivity index (χ1n) is 14.7. The van der Waals surface area contributed by atoms with E-state index >= 15 is 0 Å². The van der Waals surface area contributed by atoms with Crippen molar-refractivity contribution in [3.05, 3.63) is 95.1 Å². The second-order valence-electron chi connectivity index (χ2n) is 11.2. The van der Waals surface area contributed by atoms with Gasteiger partial charge in [-0.2, -0.15) is 0 Å². The summed E-state index contributed by atoms with van der Waals surface area (Å²) in [5.41, 5.74) is 6.25. The lowest BCUT2D eigenvalue weighted by Crippen LogP contribution is -2.40. The summed E-state index contributed by atoms with van der Waals surface area (Å²) in [5.74, 6) is -0.0372. The molecule has 5 rings (SSSR count). The summed E-state index contributed by atoms with van der Waals surface area (Å²) >= 11 is 0. The molecule has 212 valence electrons. The van der Waals surface area contributed by atoms with Crippen LogP contribution in [-0.2, 0) is 27.4 Å². The van der Waals surface area contributed by atoms with Crippen molar-refractivity contribution < 1.29 is 19.4 Å². The van der Waals surface area contributed by atoms with Crippen LogP contribution in [-0.4, -0.2) is 41.7 Å². The molecule has 0 saturated carbocycles. The highest BCUT2D eigenvalue weighted by Crippen LogP contribution is 2.39. The van der Waals surface area contributed by atoms with Gasteiger partial charge in [-0.1, -0.05) is 79.9 Å². The third-order valence-corrected chi connectivity index (χ3v) is 7.99. The fourth-order valence-electron chi connectivity index (χ4n) is 5.77. The number of nitrogens with zero attached hydrogens (tertiary/aromatic N) is 1. The van der Waals surface area contributed by atoms with Gasteiger partial charge in [0, 0.05) is 32.0 Å². The number of nitrogens with one attached hydrogen (secondary N) is 1. The highest BCUT2D eigenvalue weighted by atomic mass is 16.7. The number of likely N-dealkylation sites (tertiary alicyclic amines) is 1. The summed E-state index contributed by atoms with van der Waals surface area (Å²) in [7, 11) is 0. The van der Waals surface area contributed by atoms with Crippen molar-refractivity contribution in [1.29, 1.82) is 0 Å². The SMILES string of the molecule is CC(=O)NCc1cccc(-c2cccc([C@@H]3O[C@H](CN4CCCCCCC4)C[C@H](c4ccc(CO)cc4)O3)c2)c1. The average Bonchev–Trinajstić information content (AvgIpc) is 2.97. The second kappa shape index (κ2) is 14.0. The topological polar surface area (TPSA) is 71.0 Å². The maximum absolute atomic E-state index is 11.4. The number of ether oxygens (including phenoxy) is 2. The monoisotopic (exact) mass is 542 g/mol. The number of amides is 1. The molecule has 0 aliphatic carbocycles. The Balaban J connectivity index is 1.37. The number of hydrogen-bond donors (Lipinski definition) is 2. The van der Waals surface area contributed by atoms with Crippen molar-refractivity contribution in [2.45, 2.75) is 77.1 Å². The van der Waals surface area contributed by atoms with Crippen molar-refractivity contribution in [2.24, 2.45) is 0 Å². The van der Waals surface area contributed by atoms with E-state index in [-0.39, 0.29) is 24.7 Å². The van der Waals surface area contributed by atoms with Gasteiger partial charge in [-0.3, -0.25) is 4.79 Å². The van der Waals surface area contributed by atoms with Crippen LogP contribution in [0.2, 0.25) is 0 Å². The molecular weight excluding hydrogens is 500 g/mol. The Labute approximate surface area is 238 Å². The van der Waals surface area contributed by atoms with Gasteiger partial charge in [-0.15, -0.1) is 0 Å². The van der Waals surface area contributed by atoms with Gasteiger partial charge in [0.2, 0.25) is 5.91 Å². The summed E-state index contributed by atoms with van der Waals surface area (Å²) in [6, 6.07) is 24.8. The lowest BCUT2D eigenvalue weighted by atomic mass is 9.98. The van der Waals surface area contributed by atoms with Gasteiger partial charge in [0.15, 0.2) is 6.29 Å². The van der Waals surface area contributed by atoms with E-state index < -0.39 is 6.29 Å². The largest absolute Gasteiger partial charge is 0.392 e. The summed E-state index contributed by atoms with van der Waals surface area (Å²) in [4.78, 5) is 14.0. The van der Waals surface area contributed by atoms with Gasteiger partial charge >= 0.3 is 0 Å². The van der Waals surface area contributed by atoms with Crippen LogP contribution >= 0.6 is 0 Å². The number of rotatable bonds is 8. The predicted molar refractivity (Wildman–Crippen MR) is 157 cm³/mol. The maximum Gasteiger partial charge on any atom is 0.217 e. The number of benzene rings is 3. The zero-order chi connectivity index (χ0) is 27.7. The van der Waals surface area contributed by atoms with E-state index in [0.29, 0.717) is 6.54 Å². The van der Waals surface area contributed by atoms with E-state index in [2.05, 4.69) is 58.7 Å². The highest BCUT2D eigenvalue weighted by molar-refractivity contribution is 5.73. The number of aliphatic hydroxyl groups is 1. The molecule has 2 fully saturated rings. The van der Waals surface area contributed by atoms with Crippen molar-refractivity contribution in [3.8, 4) is 11.1 Å². The molecule has 6 nitrogen and oxygen atoms in total. The van der Waals surface area contributed by atoms with E-state index in [1.807, 2.05) is 24.3 Å². The molecular formula is C34H42N2O4. The van der Waals surface area contributed by atoms with Crippen LogP contribution in [0.25, 0.3) is 11.1 Å².